The van der Waals surface area contributed by atoms with E-state index in [1.165, 1.54) is 37.1 Å². The molecule has 2 aliphatic rings. The van der Waals surface area contributed by atoms with Crippen molar-refractivity contribution in [3.8, 4) is 11.5 Å². The SMILES string of the molecule is COc1cc(S(=O)(=O)N2CCOCC2)cc(C(=O)NCC(C)(C)N2CCCC(C)C2)c1OC. The second kappa shape index (κ2) is 10.6. The summed E-state index contributed by atoms with van der Waals surface area (Å²) in [7, 11) is -0.956. The largest absolute Gasteiger partial charge is 0.493 e. The van der Waals surface area contributed by atoms with Gasteiger partial charge in [0, 0.05) is 37.8 Å². The zero-order chi connectivity index (χ0) is 24.2. The van der Waals surface area contributed by atoms with Gasteiger partial charge in [-0.2, -0.15) is 4.31 Å². The Kier molecular flexibility index (Phi) is 8.26. The highest BCUT2D eigenvalue weighted by Gasteiger charge is 2.33. The van der Waals surface area contributed by atoms with Crippen LogP contribution in [0.15, 0.2) is 17.0 Å². The maximum Gasteiger partial charge on any atom is 0.255 e. The molecule has 3 rings (SSSR count). The number of carbonyl (C=O) groups excluding carboxylic acids is 1. The van der Waals surface area contributed by atoms with Crippen LogP contribution in [0.3, 0.4) is 0 Å². The lowest BCUT2D eigenvalue weighted by molar-refractivity contribution is 0.0656. The number of benzene rings is 1. The fourth-order valence-corrected chi connectivity index (χ4v) is 5.89. The lowest BCUT2D eigenvalue weighted by Gasteiger charge is -2.43. The Morgan fingerprint density at radius 1 is 1.18 bits per heavy atom. The number of ether oxygens (including phenoxy) is 3. The molecule has 0 bridgehead atoms. The summed E-state index contributed by atoms with van der Waals surface area (Å²) < 4.78 is 43.9. The van der Waals surface area contributed by atoms with Gasteiger partial charge in [-0.15, -0.1) is 0 Å². The predicted octanol–water partition coefficient (Wildman–Crippen LogP) is 1.97. The van der Waals surface area contributed by atoms with E-state index >= 15 is 0 Å². The topological polar surface area (TPSA) is 97.4 Å². The standard InChI is InChI=1S/C23H37N3O6S/c1-17-7-6-8-25(15-17)23(2,3)16-24-22(27)19-13-18(14-20(30-4)21(19)31-5)33(28,29)26-9-11-32-12-10-26/h13-14,17H,6-12,15-16H2,1-5H3,(H,24,27). The number of amides is 1. The smallest absolute Gasteiger partial charge is 0.255 e. The van der Waals surface area contributed by atoms with Crippen LogP contribution in [0.1, 0.15) is 44.0 Å². The molecule has 10 heteroatoms. The maximum atomic E-state index is 13.2. The number of nitrogens with one attached hydrogen (secondary N) is 1. The molecule has 1 aromatic carbocycles. The lowest BCUT2D eigenvalue weighted by Crippen LogP contribution is -2.54. The van der Waals surface area contributed by atoms with Crippen LogP contribution < -0.4 is 14.8 Å². The van der Waals surface area contributed by atoms with Gasteiger partial charge in [0.15, 0.2) is 11.5 Å². The van der Waals surface area contributed by atoms with E-state index < -0.39 is 15.9 Å². The molecule has 0 aromatic heterocycles. The molecule has 1 aromatic rings. The quantitative estimate of drug-likeness (QED) is 0.604. The monoisotopic (exact) mass is 483 g/mol. The fraction of sp³-hybridized carbons (Fsp3) is 0.696. The molecular weight excluding hydrogens is 446 g/mol. The third-order valence-electron chi connectivity index (χ3n) is 6.50. The summed E-state index contributed by atoms with van der Waals surface area (Å²) in [6, 6.07) is 2.77. The van der Waals surface area contributed by atoms with Crippen LogP contribution in [0.5, 0.6) is 11.5 Å². The molecule has 0 aliphatic carbocycles. The maximum absolute atomic E-state index is 13.2. The number of likely N-dealkylation sites (tertiary alicyclic amines) is 1. The number of piperidine rings is 1. The molecule has 0 radical (unpaired) electrons. The van der Waals surface area contributed by atoms with Crippen LogP contribution in [-0.2, 0) is 14.8 Å². The van der Waals surface area contributed by atoms with Gasteiger partial charge in [0.05, 0.1) is 37.9 Å². The molecule has 2 aliphatic heterocycles. The molecule has 33 heavy (non-hydrogen) atoms. The van der Waals surface area contributed by atoms with Crippen molar-refractivity contribution in [2.45, 2.75) is 44.0 Å². The summed E-state index contributed by atoms with van der Waals surface area (Å²) in [5, 5.41) is 2.99. The molecule has 2 saturated heterocycles. The molecule has 2 fully saturated rings. The Balaban J connectivity index is 1.86. The molecule has 1 unspecified atom stereocenters. The highest BCUT2D eigenvalue weighted by atomic mass is 32.2. The highest BCUT2D eigenvalue weighted by Crippen LogP contribution is 2.35. The van der Waals surface area contributed by atoms with Gasteiger partial charge < -0.3 is 19.5 Å². The highest BCUT2D eigenvalue weighted by molar-refractivity contribution is 7.89. The third-order valence-corrected chi connectivity index (χ3v) is 8.38. The average molecular weight is 484 g/mol. The number of morpholine rings is 1. The van der Waals surface area contributed by atoms with Crippen LogP contribution >= 0.6 is 0 Å². The fourth-order valence-electron chi connectivity index (χ4n) is 4.44. The Bertz CT molecular complexity index is 944. The van der Waals surface area contributed by atoms with E-state index in [1.54, 1.807) is 0 Å². The van der Waals surface area contributed by atoms with Crippen molar-refractivity contribution in [3.63, 3.8) is 0 Å². The van der Waals surface area contributed by atoms with E-state index in [-0.39, 0.29) is 40.6 Å². The Hall–Kier alpha value is -1.88. The predicted molar refractivity (Wildman–Crippen MR) is 126 cm³/mol. The van der Waals surface area contributed by atoms with Crippen molar-refractivity contribution in [2.75, 3.05) is 60.2 Å². The van der Waals surface area contributed by atoms with Gasteiger partial charge in [0.25, 0.3) is 5.91 Å². The van der Waals surface area contributed by atoms with Gasteiger partial charge in [-0.1, -0.05) is 6.92 Å². The van der Waals surface area contributed by atoms with Crippen LogP contribution in [0.25, 0.3) is 0 Å². The number of sulfonamides is 1. The molecule has 1 atom stereocenters. The molecule has 0 spiro atoms. The minimum atomic E-state index is -3.81. The first-order valence-corrected chi connectivity index (χ1v) is 12.9. The van der Waals surface area contributed by atoms with Crippen molar-refractivity contribution in [1.82, 2.24) is 14.5 Å². The number of nitrogens with zero attached hydrogens (tertiary/aromatic N) is 2. The summed E-state index contributed by atoms with van der Waals surface area (Å²) in [6.07, 6.45) is 2.37. The van der Waals surface area contributed by atoms with Crippen molar-refractivity contribution in [1.29, 1.82) is 0 Å². The first-order valence-electron chi connectivity index (χ1n) is 11.5. The molecule has 9 nitrogen and oxygen atoms in total. The van der Waals surface area contributed by atoms with Crippen LogP contribution in [0.4, 0.5) is 0 Å². The average Bonchev–Trinajstić information content (AvgIpc) is 2.82. The lowest BCUT2D eigenvalue weighted by atomic mass is 9.93. The van der Waals surface area contributed by atoms with E-state index in [1.807, 2.05) is 0 Å². The van der Waals surface area contributed by atoms with Gasteiger partial charge in [-0.25, -0.2) is 8.42 Å². The van der Waals surface area contributed by atoms with E-state index in [0.29, 0.717) is 25.7 Å². The minimum absolute atomic E-state index is 0.00341. The first kappa shape index (κ1) is 25.7. The number of carbonyl (C=O) groups is 1. The van der Waals surface area contributed by atoms with E-state index in [9.17, 15) is 13.2 Å². The Morgan fingerprint density at radius 2 is 1.88 bits per heavy atom. The first-order chi connectivity index (χ1) is 15.6. The van der Waals surface area contributed by atoms with Crippen LogP contribution in [0, 0.1) is 5.92 Å². The van der Waals surface area contributed by atoms with E-state index in [4.69, 9.17) is 14.2 Å². The summed E-state index contributed by atoms with van der Waals surface area (Å²) in [5.41, 5.74) is -0.106. The van der Waals surface area contributed by atoms with Gasteiger partial charge in [-0.3, -0.25) is 9.69 Å². The molecule has 0 saturated carbocycles. The molecule has 1 amide bonds. The summed E-state index contributed by atoms with van der Waals surface area (Å²) in [6.45, 7) is 10.1. The van der Waals surface area contributed by atoms with Gasteiger partial charge in [-0.05, 0) is 45.2 Å². The normalized spacial score (nSPS) is 20.9. The number of rotatable bonds is 8. The van der Waals surface area contributed by atoms with Gasteiger partial charge in [0.1, 0.15) is 0 Å². The number of hydrogen-bond donors (Lipinski definition) is 1. The molecular formula is C23H37N3O6S. The van der Waals surface area contributed by atoms with Crippen molar-refractivity contribution < 1.29 is 27.4 Å². The Labute approximate surface area is 197 Å². The van der Waals surface area contributed by atoms with Crippen molar-refractivity contribution in [2.24, 2.45) is 5.92 Å². The summed E-state index contributed by atoms with van der Waals surface area (Å²) >= 11 is 0. The van der Waals surface area contributed by atoms with Crippen LogP contribution in [-0.4, -0.2) is 89.2 Å². The van der Waals surface area contributed by atoms with Gasteiger partial charge in [0.2, 0.25) is 10.0 Å². The number of methoxy groups -OCH3 is 2. The summed E-state index contributed by atoms with van der Waals surface area (Å²) in [4.78, 5) is 15.6. The third kappa shape index (κ3) is 5.79. The van der Waals surface area contributed by atoms with Crippen LogP contribution in [0.2, 0.25) is 0 Å². The molecule has 186 valence electrons. The van der Waals surface area contributed by atoms with E-state index in [2.05, 4.69) is 31.0 Å². The van der Waals surface area contributed by atoms with Crippen molar-refractivity contribution >= 4 is 15.9 Å². The number of hydrogen-bond acceptors (Lipinski definition) is 7. The zero-order valence-corrected chi connectivity index (χ0v) is 21.2. The minimum Gasteiger partial charge on any atom is -0.493 e. The summed E-state index contributed by atoms with van der Waals surface area (Å²) in [5.74, 6) is 0.629. The van der Waals surface area contributed by atoms with E-state index in [0.717, 1.165) is 19.5 Å². The second-order valence-corrected chi connectivity index (χ2v) is 11.3. The van der Waals surface area contributed by atoms with Gasteiger partial charge >= 0.3 is 0 Å². The molecule has 2 heterocycles. The van der Waals surface area contributed by atoms with Crippen molar-refractivity contribution in [3.05, 3.63) is 17.7 Å². The zero-order valence-electron chi connectivity index (χ0n) is 20.3. The molecule has 1 N–H and O–H groups in total. The second-order valence-electron chi connectivity index (χ2n) is 9.41. The Morgan fingerprint density at radius 3 is 2.48 bits per heavy atom.